The molecule has 3 nitrogen and oxygen atoms in total. The molecule has 2 rings (SSSR count). The molecule has 0 aliphatic heterocycles. The van der Waals surface area contributed by atoms with Crippen LogP contribution in [-0.4, -0.2) is 16.1 Å². The van der Waals surface area contributed by atoms with E-state index in [0.29, 0.717) is 5.56 Å². The van der Waals surface area contributed by atoms with Gasteiger partial charge in [-0.3, -0.25) is 0 Å². The lowest BCUT2D eigenvalue weighted by Crippen LogP contribution is -2.01. The Kier molecular flexibility index (Phi) is 2.64. The molecular weight excluding hydrogens is 209 g/mol. The van der Waals surface area contributed by atoms with Gasteiger partial charge in [0.1, 0.15) is 11.5 Å². The fourth-order valence-electron chi connectivity index (χ4n) is 1.39. The maximum Gasteiger partial charge on any atom is 0.354 e. The van der Waals surface area contributed by atoms with Crippen molar-refractivity contribution in [1.82, 2.24) is 4.98 Å². The molecule has 1 N–H and O–H groups in total. The molecule has 1 aromatic carbocycles. The van der Waals surface area contributed by atoms with Crippen molar-refractivity contribution in [3.8, 4) is 11.1 Å². The summed E-state index contributed by atoms with van der Waals surface area (Å²) in [4.78, 5) is 14.2. The van der Waals surface area contributed by atoms with Crippen molar-refractivity contribution in [2.45, 2.75) is 0 Å². The van der Waals surface area contributed by atoms with Crippen LogP contribution in [0.15, 0.2) is 42.6 Å². The number of pyridine rings is 1. The molecule has 0 aliphatic rings. The van der Waals surface area contributed by atoms with E-state index in [1.807, 2.05) is 0 Å². The van der Waals surface area contributed by atoms with Crippen LogP contribution in [0.3, 0.4) is 0 Å². The van der Waals surface area contributed by atoms with Crippen molar-refractivity contribution >= 4 is 5.97 Å². The van der Waals surface area contributed by atoms with Crippen LogP contribution in [0.4, 0.5) is 4.39 Å². The molecule has 0 saturated carbocycles. The number of aromatic carboxylic acids is 1. The number of carboxylic acids is 1. The standard InChI is InChI=1S/C12H8FNO2/c13-10-7-14-11(12(15)16)6-9(10)8-4-2-1-3-5-8/h1-7H,(H,15,16). The zero-order chi connectivity index (χ0) is 11.5. The molecule has 0 saturated heterocycles. The van der Waals surface area contributed by atoms with E-state index in [2.05, 4.69) is 4.98 Å². The minimum absolute atomic E-state index is 0.166. The summed E-state index contributed by atoms with van der Waals surface area (Å²) in [6.07, 6.45) is 0.922. The van der Waals surface area contributed by atoms with Crippen LogP contribution in [0.2, 0.25) is 0 Å². The normalized spacial score (nSPS) is 10.1. The Hall–Kier alpha value is -2.23. The van der Waals surface area contributed by atoms with Gasteiger partial charge in [0.05, 0.1) is 6.20 Å². The molecule has 0 atom stereocenters. The second kappa shape index (κ2) is 4.10. The van der Waals surface area contributed by atoms with E-state index in [0.717, 1.165) is 6.20 Å². The molecule has 2 aromatic rings. The van der Waals surface area contributed by atoms with Crippen LogP contribution in [0, 0.1) is 5.82 Å². The van der Waals surface area contributed by atoms with Crippen LogP contribution in [-0.2, 0) is 0 Å². The van der Waals surface area contributed by atoms with Crippen molar-refractivity contribution < 1.29 is 14.3 Å². The highest BCUT2D eigenvalue weighted by Crippen LogP contribution is 2.22. The third-order valence-corrected chi connectivity index (χ3v) is 2.16. The number of halogens is 1. The molecule has 16 heavy (non-hydrogen) atoms. The van der Waals surface area contributed by atoms with Gasteiger partial charge in [-0.15, -0.1) is 0 Å². The van der Waals surface area contributed by atoms with Crippen molar-refractivity contribution in [1.29, 1.82) is 0 Å². The molecule has 1 heterocycles. The van der Waals surface area contributed by atoms with Crippen LogP contribution in [0.1, 0.15) is 10.5 Å². The highest BCUT2D eigenvalue weighted by molar-refractivity contribution is 5.87. The predicted octanol–water partition coefficient (Wildman–Crippen LogP) is 2.59. The third-order valence-electron chi connectivity index (χ3n) is 2.16. The quantitative estimate of drug-likeness (QED) is 0.841. The Balaban J connectivity index is 2.56. The van der Waals surface area contributed by atoms with Crippen LogP contribution >= 0.6 is 0 Å². The van der Waals surface area contributed by atoms with Gasteiger partial charge in [0.25, 0.3) is 0 Å². The number of benzene rings is 1. The molecule has 0 spiro atoms. The Morgan fingerprint density at radius 3 is 2.56 bits per heavy atom. The molecule has 0 bridgehead atoms. The van der Waals surface area contributed by atoms with E-state index >= 15 is 0 Å². The molecule has 4 heteroatoms. The van der Waals surface area contributed by atoms with Gasteiger partial charge in [-0.25, -0.2) is 14.2 Å². The highest BCUT2D eigenvalue weighted by Gasteiger charge is 2.10. The third kappa shape index (κ3) is 1.91. The van der Waals surface area contributed by atoms with E-state index in [1.165, 1.54) is 6.07 Å². The molecule has 0 amide bonds. The topological polar surface area (TPSA) is 50.2 Å². The van der Waals surface area contributed by atoms with Gasteiger partial charge in [-0.2, -0.15) is 0 Å². The Labute approximate surface area is 91.2 Å². The van der Waals surface area contributed by atoms with Gasteiger partial charge in [0.15, 0.2) is 0 Å². The first kappa shape index (κ1) is 10.3. The maximum absolute atomic E-state index is 13.5. The summed E-state index contributed by atoms with van der Waals surface area (Å²) in [6.45, 7) is 0. The number of rotatable bonds is 2. The Bertz CT molecular complexity index is 526. The van der Waals surface area contributed by atoms with Gasteiger partial charge in [0.2, 0.25) is 0 Å². The van der Waals surface area contributed by atoms with Crippen molar-refractivity contribution in [3.05, 3.63) is 54.1 Å². The molecule has 1 aromatic heterocycles. The van der Waals surface area contributed by atoms with Crippen molar-refractivity contribution in [3.63, 3.8) is 0 Å². The Morgan fingerprint density at radius 1 is 1.25 bits per heavy atom. The van der Waals surface area contributed by atoms with Crippen molar-refractivity contribution in [2.24, 2.45) is 0 Å². The molecule has 0 aliphatic carbocycles. The average Bonchev–Trinajstić information content (AvgIpc) is 2.30. The highest BCUT2D eigenvalue weighted by atomic mass is 19.1. The fourth-order valence-corrected chi connectivity index (χ4v) is 1.39. The van der Waals surface area contributed by atoms with Gasteiger partial charge < -0.3 is 5.11 Å². The largest absolute Gasteiger partial charge is 0.477 e. The first-order valence-corrected chi connectivity index (χ1v) is 4.63. The van der Waals surface area contributed by atoms with Crippen LogP contribution in [0.25, 0.3) is 11.1 Å². The molecule has 0 fully saturated rings. The second-order valence-corrected chi connectivity index (χ2v) is 3.22. The van der Waals surface area contributed by atoms with E-state index < -0.39 is 11.8 Å². The molecule has 80 valence electrons. The summed E-state index contributed by atoms with van der Waals surface area (Å²) < 4.78 is 13.5. The predicted molar refractivity (Wildman–Crippen MR) is 56.6 cm³/mol. The number of nitrogens with zero attached hydrogens (tertiary/aromatic N) is 1. The van der Waals surface area contributed by atoms with Gasteiger partial charge >= 0.3 is 5.97 Å². The van der Waals surface area contributed by atoms with E-state index in [-0.39, 0.29) is 11.3 Å². The van der Waals surface area contributed by atoms with Crippen LogP contribution < -0.4 is 0 Å². The zero-order valence-corrected chi connectivity index (χ0v) is 8.22. The maximum atomic E-state index is 13.5. The lowest BCUT2D eigenvalue weighted by atomic mass is 10.1. The number of hydrogen-bond donors (Lipinski definition) is 1. The lowest BCUT2D eigenvalue weighted by Gasteiger charge is -2.03. The SMILES string of the molecule is O=C(O)c1cc(-c2ccccc2)c(F)cn1. The number of hydrogen-bond acceptors (Lipinski definition) is 2. The van der Waals surface area contributed by atoms with Crippen molar-refractivity contribution in [2.75, 3.05) is 0 Å². The first-order valence-electron chi connectivity index (χ1n) is 4.63. The smallest absolute Gasteiger partial charge is 0.354 e. The second-order valence-electron chi connectivity index (χ2n) is 3.22. The first-order chi connectivity index (χ1) is 7.68. The van der Waals surface area contributed by atoms with E-state index in [4.69, 9.17) is 5.11 Å². The van der Waals surface area contributed by atoms with E-state index in [9.17, 15) is 9.18 Å². The number of aromatic nitrogens is 1. The average molecular weight is 217 g/mol. The fraction of sp³-hybridized carbons (Fsp3) is 0. The Morgan fingerprint density at radius 2 is 1.94 bits per heavy atom. The lowest BCUT2D eigenvalue weighted by molar-refractivity contribution is 0.0690. The molecule has 0 unspecified atom stereocenters. The van der Waals surface area contributed by atoms with Gasteiger partial charge in [0, 0.05) is 5.56 Å². The summed E-state index contributed by atoms with van der Waals surface area (Å²) in [7, 11) is 0. The summed E-state index contributed by atoms with van der Waals surface area (Å²) in [5.74, 6) is -1.70. The minimum atomic E-state index is -1.17. The zero-order valence-electron chi connectivity index (χ0n) is 8.22. The summed E-state index contributed by atoms with van der Waals surface area (Å²) in [5.41, 5.74) is 0.707. The van der Waals surface area contributed by atoms with Gasteiger partial charge in [-0.05, 0) is 11.6 Å². The number of carbonyl (C=O) groups is 1. The summed E-state index contributed by atoms with van der Waals surface area (Å²) in [6, 6.07) is 9.98. The monoisotopic (exact) mass is 217 g/mol. The molecule has 0 radical (unpaired) electrons. The summed E-state index contributed by atoms with van der Waals surface area (Å²) >= 11 is 0. The number of carboxylic acid groups (broad SMARTS) is 1. The molecular formula is C12H8FNO2. The summed E-state index contributed by atoms with van der Waals surface area (Å²) in [5, 5.41) is 8.76. The van der Waals surface area contributed by atoms with E-state index in [1.54, 1.807) is 30.3 Å². The van der Waals surface area contributed by atoms with Crippen LogP contribution in [0.5, 0.6) is 0 Å². The van der Waals surface area contributed by atoms with Gasteiger partial charge in [-0.1, -0.05) is 30.3 Å². The minimum Gasteiger partial charge on any atom is -0.477 e.